The van der Waals surface area contributed by atoms with Gasteiger partial charge in [0.25, 0.3) is 0 Å². The molecule has 0 fully saturated rings. The number of H-pyrrole nitrogens is 1. The first-order valence-electron chi connectivity index (χ1n) is 7.46. The summed E-state index contributed by atoms with van der Waals surface area (Å²) in [5.41, 5.74) is 10.3. The summed E-state index contributed by atoms with van der Waals surface area (Å²) >= 11 is 0. The molecule has 0 bridgehead atoms. The van der Waals surface area contributed by atoms with E-state index in [4.69, 9.17) is 5.73 Å². The van der Waals surface area contributed by atoms with Gasteiger partial charge < -0.3 is 5.73 Å². The highest BCUT2D eigenvalue weighted by Crippen LogP contribution is 2.18. The summed E-state index contributed by atoms with van der Waals surface area (Å²) in [4.78, 5) is 0. The Bertz CT molecular complexity index is 771. The Morgan fingerprint density at radius 1 is 0.696 bits per heavy atom. The summed E-state index contributed by atoms with van der Waals surface area (Å²) < 4.78 is 0. The highest BCUT2D eigenvalue weighted by atomic mass is 15.3. The topological polar surface area (TPSA) is 67.6 Å². The number of benzene rings is 3. The number of nitrogens with one attached hydrogen (secondary N) is 1. The minimum atomic E-state index is -0.0163. The first kappa shape index (κ1) is 14.9. The smallest absolute Gasteiger partial charge is 0.112 e. The lowest BCUT2D eigenvalue weighted by Gasteiger charge is -2.11. The summed E-state index contributed by atoms with van der Waals surface area (Å²) in [6, 6.07) is 28.0. The van der Waals surface area contributed by atoms with Gasteiger partial charge >= 0.3 is 0 Å². The van der Waals surface area contributed by atoms with Crippen molar-refractivity contribution in [3.8, 4) is 0 Å². The molecule has 0 aliphatic carbocycles. The van der Waals surface area contributed by atoms with E-state index in [1.807, 2.05) is 60.7 Å². The average molecular weight is 302 g/mol. The highest BCUT2D eigenvalue weighted by Gasteiger charge is 2.06. The molecular weight excluding hydrogens is 284 g/mol. The Hall–Kier alpha value is -2.98. The number of rotatable bonds is 2. The van der Waals surface area contributed by atoms with Crippen LogP contribution in [-0.4, -0.2) is 15.4 Å². The van der Waals surface area contributed by atoms with E-state index in [2.05, 4.69) is 39.7 Å². The second-order valence-electron chi connectivity index (χ2n) is 5.13. The molecule has 4 heteroatoms. The van der Waals surface area contributed by atoms with Crippen molar-refractivity contribution in [3.63, 3.8) is 0 Å². The lowest BCUT2D eigenvalue weighted by atomic mass is 10.00. The molecule has 4 aromatic rings. The van der Waals surface area contributed by atoms with Crippen LogP contribution in [0.3, 0.4) is 0 Å². The first-order chi connectivity index (χ1) is 11.3. The third-order valence-corrected chi connectivity index (χ3v) is 3.55. The Balaban J connectivity index is 0.000000149. The van der Waals surface area contributed by atoms with Crippen LogP contribution in [0.15, 0.2) is 84.9 Å². The van der Waals surface area contributed by atoms with Crippen molar-refractivity contribution in [2.24, 2.45) is 5.73 Å². The van der Waals surface area contributed by atoms with E-state index in [-0.39, 0.29) is 6.04 Å². The maximum Gasteiger partial charge on any atom is 0.112 e. The summed E-state index contributed by atoms with van der Waals surface area (Å²) in [6.45, 7) is 0. The number of hydrogen-bond donors (Lipinski definition) is 2. The van der Waals surface area contributed by atoms with Crippen molar-refractivity contribution in [1.82, 2.24) is 15.4 Å². The number of aromatic nitrogens is 3. The van der Waals surface area contributed by atoms with E-state index >= 15 is 0 Å². The molecular formula is C19H18N4. The summed E-state index contributed by atoms with van der Waals surface area (Å²) in [6.07, 6.45) is 0. The van der Waals surface area contributed by atoms with Crippen LogP contribution in [0.1, 0.15) is 17.2 Å². The minimum Gasteiger partial charge on any atom is -0.320 e. The standard InChI is InChI=1S/C13H13N.C6H5N3/c14-13(11-7-3-1-4-8-11)12-9-5-2-6-10-12;1-2-4-6-5(3-1)7-9-8-6/h1-10,13H,14H2;1-4H,(H,7,8,9). The monoisotopic (exact) mass is 302 g/mol. The number of aromatic amines is 1. The van der Waals surface area contributed by atoms with Crippen molar-refractivity contribution in [2.45, 2.75) is 6.04 Å². The van der Waals surface area contributed by atoms with Crippen LogP contribution in [0.25, 0.3) is 11.0 Å². The predicted octanol–water partition coefficient (Wildman–Crippen LogP) is 3.69. The summed E-state index contributed by atoms with van der Waals surface area (Å²) in [7, 11) is 0. The average Bonchev–Trinajstić information content (AvgIpc) is 3.12. The third-order valence-electron chi connectivity index (χ3n) is 3.55. The second-order valence-corrected chi connectivity index (χ2v) is 5.13. The largest absolute Gasteiger partial charge is 0.320 e. The molecule has 114 valence electrons. The molecule has 4 rings (SSSR count). The molecule has 1 heterocycles. The van der Waals surface area contributed by atoms with Crippen LogP contribution in [-0.2, 0) is 0 Å². The van der Waals surface area contributed by atoms with Gasteiger partial charge in [-0.15, -0.1) is 5.10 Å². The fourth-order valence-corrected chi connectivity index (χ4v) is 2.30. The van der Waals surface area contributed by atoms with Gasteiger partial charge in [-0.2, -0.15) is 0 Å². The SMILES string of the molecule is NC(c1ccccc1)c1ccccc1.c1ccc2[nH]nnc2c1. The molecule has 3 N–H and O–H groups in total. The number of fused-ring (bicyclic) bond motifs is 1. The zero-order valence-corrected chi connectivity index (χ0v) is 12.6. The number of nitrogens with zero attached hydrogens (tertiary/aromatic N) is 2. The van der Waals surface area contributed by atoms with Crippen molar-refractivity contribution >= 4 is 11.0 Å². The van der Waals surface area contributed by atoms with Gasteiger partial charge in [-0.3, -0.25) is 5.10 Å². The molecule has 0 radical (unpaired) electrons. The van der Waals surface area contributed by atoms with Gasteiger partial charge in [0.2, 0.25) is 0 Å². The highest BCUT2D eigenvalue weighted by molar-refractivity contribution is 5.72. The van der Waals surface area contributed by atoms with Crippen LogP contribution in [0.4, 0.5) is 0 Å². The van der Waals surface area contributed by atoms with E-state index in [1.54, 1.807) is 0 Å². The molecule has 0 aliphatic rings. The summed E-state index contributed by atoms with van der Waals surface area (Å²) in [5.74, 6) is 0. The van der Waals surface area contributed by atoms with E-state index in [1.165, 1.54) is 0 Å². The lowest BCUT2D eigenvalue weighted by Crippen LogP contribution is -2.11. The molecule has 0 atom stereocenters. The van der Waals surface area contributed by atoms with Crippen molar-refractivity contribution in [1.29, 1.82) is 0 Å². The minimum absolute atomic E-state index is 0.0163. The van der Waals surface area contributed by atoms with Crippen LogP contribution in [0, 0.1) is 0 Å². The third kappa shape index (κ3) is 3.81. The van der Waals surface area contributed by atoms with Crippen LogP contribution in [0.2, 0.25) is 0 Å². The zero-order chi connectivity index (χ0) is 15.9. The van der Waals surface area contributed by atoms with Crippen molar-refractivity contribution in [3.05, 3.63) is 96.1 Å². The Morgan fingerprint density at radius 3 is 1.78 bits per heavy atom. The van der Waals surface area contributed by atoms with E-state index in [0.29, 0.717) is 0 Å². The second kappa shape index (κ2) is 7.33. The van der Waals surface area contributed by atoms with Crippen molar-refractivity contribution < 1.29 is 0 Å². The molecule has 23 heavy (non-hydrogen) atoms. The van der Waals surface area contributed by atoms with Gasteiger partial charge in [0, 0.05) is 0 Å². The Morgan fingerprint density at radius 2 is 1.22 bits per heavy atom. The fourth-order valence-electron chi connectivity index (χ4n) is 2.30. The van der Waals surface area contributed by atoms with E-state index in [0.717, 1.165) is 22.2 Å². The molecule has 0 unspecified atom stereocenters. The van der Waals surface area contributed by atoms with Gasteiger partial charge in [0.15, 0.2) is 0 Å². The Labute approximate surface area is 135 Å². The molecule has 1 aromatic heterocycles. The van der Waals surface area contributed by atoms with Crippen molar-refractivity contribution in [2.75, 3.05) is 0 Å². The van der Waals surface area contributed by atoms with Crippen LogP contribution in [0.5, 0.6) is 0 Å². The van der Waals surface area contributed by atoms with E-state index < -0.39 is 0 Å². The maximum absolute atomic E-state index is 6.12. The van der Waals surface area contributed by atoms with Gasteiger partial charge in [-0.1, -0.05) is 78.0 Å². The maximum atomic E-state index is 6.12. The van der Waals surface area contributed by atoms with E-state index in [9.17, 15) is 0 Å². The molecule has 0 aliphatic heterocycles. The van der Waals surface area contributed by atoms with Gasteiger partial charge in [0.1, 0.15) is 5.52 Å². The zero-order valence-electron chi connectivity index (χ0n) is 12.6. The molecule has 0 saturated carbocycles. The molecule has 3 aromatic carbocycles. The van der Waals surface area contributed by atoms with Crippen LogP contribution < -0.4 is 5.73 Å². The molecule has 0 saturated heterocycles. The first-order valence-corrected chi connectivity index (χ1v) is 7.46. The summed E-state index contributed by atoms with van der Waals surface area (Å²) in [5, 5.41) is 10.2. The normalized spacial score (nSPS) is 10.3. The van der Waals surface area contributed by atoms with Gasteiger partial charge in [0.05, 0.1) is 11.6 Å². The van der Waals surface area contributed by atoms with Crippen LogP contribution >= 0.6 is 0 Å². The number of para-hydroxylation sites is 1. The quantitative estimate of drug-likeness (QED) is 0.593. The lowest BCUT2D eigenvalue weighted by molar-refractivity contribution is 0.871. The van der Waals surface area contributed by atoms with Gasteiger partial charge in [-0.25, -0.2) is 0 Å². The number of nitrogens with two attached hydrogens (primary N) is 1. The predicted molar refractivity (Wildman–Crippen MR) is 92.8 cm³/mol. The molecule has 0 amide bonds. The molecule has 4 nitrogen and oxygen atoms in total. The van der Waals surface area contributed by atoms with Gasteiger partial charge in [-0.05, 0) is 23.3 Å². The Kier molecular flexibility index (Phi) is 4.76. The number of hydrogen-bond acceptors (Lipinski definition) is 3. The molecule has 0 spiro atoms. The fraction of sp³-hybridized carbons (Fsp3) is 0.0526.